The number of aryl methyl sites for hydroxylation is 1. The predicted octanol–water partition coefficient (Wildman–Crippen LogP) is 3.09. The molecule has 24 heavy (non-hydrogen) atoms. The summed E-state index contributed by atoms with van der Waals surface area (Å²) in [7, 11) is 0. The average molecular weight is 331 g/mol. The van der Waals surface area contributed by atoms with Crippen molar-refractivity contribution in [3.8, 4) is 11.3 Å². The van der Waals surface area contributed by atoms with Crippen LogP contribution in [-0.2, 0) is 16.0 Å². The van der Waals surface area contributed by atoms with E-state index in [1.807, 2.05) is 0 Å². The van der Waals surface area contributed by atoms with Crippen LogP contribution in [0.25, 0.3) is 11.3 Å². The highest BCUT2D eigenvalue weighted by atomic mass is 19.1. The molecule has 1 heterocycles. The molecule has 0 saturated heterocycles. The van der Waals surface area contributed by atoms with Gasteiger partial charge in [-0.25, -0.2) is 4.39 Å². The van der Waals surface area contributed by atoms with Gasteiger partial charge in [-0.05, 0) is 37.1 Å². The fourth-order valence-electron chi connectivity index (χ4n) is 2.64. The molecule has 1 amide bonds. The first-order valence-electron chi connectivity index (χ1n) is 7.89. The van der Waals surface area contributed by atoms with Crippen molar-refractivity contribution < 1.29 is 23.5 Å². The largest absolute Gasteiger partial charge is 0.480 e. The molecule has 3 rings (SSSR count). The number of aliphatic carboxylic acids is 1. The number of hydrogen-bond acceptors (Lipinski definition) is 3. The first-order valence-corrected chi connectivity index (χ1v) is 7.89. The molecule has 1 aliphatic carbocycles. The van der Waals surface area contributed by atoms with Crippen molar-refractivity contribution in [2.75, 3.05) is 6.54 Å². The van der Waals surface area contributed by atoms with Gasteiger partial charge in [0.05, 0.1) is 5.56 Å². The van der Waals surface area contributed by atoms with Gasteiger partial charge in [-0.15, -0.1) is 0 Å². The Bertz CT molecular complexity index is 751. The molecular weight excluding hydrogens is 313 g/mol. The quantitative estimate of drug-likeness (QED) is 0.846. The number of halogens is 1. The Balaban J connectivity index is 1.62. The van der Waals surface area contributed by atoms with Crippen molar-refractivity contribution in [3.63, 3.8) is 0 Å². The van der Waals surface area contributed by atoms with E-state index in [4.69, 9.17) is 9.52 Å². The molecule has 0 atom stereocenters. The number of hydrogen-bond donors (Lipinski definition) is 1. The van der Waals surface area contributed by atoms with Gasteiger partial charge in [-0.2, -0.15) is 0 Å². The van der Waals surface area contributed by atoms with E-state index in [9.17, 15) is 14.0 Å². The molecule has 1 saturated carbocycles. The minimum atomic E-state index is -1.00. The van der Waals surface area contributed by atoms with Gasteiger partial charge in [0.25, 0.3) is 0 Å². The maximum atomic E-state index is 13.7. The molecule has 1 fully saturated rings. The second-order valence-electron chi connectivity index (χ2n) is 5.89. The Morgan fingerprint density at radius 1 is 1.21 bits per heavy atom. The van der Waals surface area contributed by atoms with Crippen LogP contribution in [0.5, 0.6) is 0 Å². The van der Waals surface area contributed by atoms with Gasteiger partial charge < -0.3 is 14.4 Å². The van der Waals surface area contributed by atoms with Crippen LogP contribution in [0, 0.1) is 5.82 Å². The van der Waals surface area contributed by atoms with Crippen molar-refractivity contribution in [3.05, 3.63) is 48.0 Å². The molecule has 5 nitrogen and oxygen atoms in total. The van der Waals surface area contributed by atoms with E-state index in [0.29, 0.717) is 23.5 Å². The Hall–Kier alpha value is -2.63. The van der Waals surface area contributed by atoms with Crippen LogP contribution in [0.3, 0.4) is 0 Å². The second kappa shape index (κ2) is 6.86. The standard InChI is InChI=1S/C18H18FNO4/c19-15-4-2-1-3-14(15)16-9-7-13(24-16)8-10-17(21)20(11-18(22)23)12-5-6-12/h1-4,7,9,12H,5-6,8,10-11H2,(H,22,23). The summed E-state index contributed by atoms with van der Waals surface area (Å²) in [5.41, 5.74) is 0.376. The van der Waals surface area contributed by atoms with Gasteiger partial charge in [0.15, 0.2) is 0 Å². The van der Waals surface area contributed by atoms with Crippen LogP contribution >= 0.6 is 0 Å². The van der Waals surface area contributed by atoms with E-state index in [1.54, 1.807) is 30.3 Å². The van der Waals surface area contributed by atoms with Gasteiger partial charge in [0.1, 0.15) is 23.9 Å². The van der Waals surface area contributed by atoms with Crippen LogP contribution in [0.4, 0.5) is 4.39 Å². The zero-order valence-corrected chi connectivity index (χ0v) is 13.1. The summed E-state index contributed by atoms with van der Waals surface area (Å²) in [4.78, 5) is 24.5. The Labute approximate surface area is 138 Å². The first-order chi connectivity index (χ1) is 11.5. The lowest BCUT2D eigenvalue weighted by Gasteiger charge is -2.19. The summed E-state index contributed by atoms with van der Waals surface area (Å²) in [6.45, 7) is -0.262. The third kappa shape index (κ3) is 3.82. The van der Waals surface area contributed by atoms with Crippen LogP contribution in [-0.4, -0.2) is 34.5 Å². The van der Waals surface area contributed by atoms with Gasteiger partial charge in [-0.1, -0.05) is 12.1 Å². The molecule has 1 aromatic heterocycles. The Morgan fingerprint density at radius 2 is 1.96 bits per heavy atom. The van der Waals surface area contributed by atoms with Crippen molar-refractivity contribution in [2.24, 2.45) is 0 Å². The van der Waals surface area contributed by atoms with Crippen LogP contribution < -0.4 is 0 Å². The molecule has 1 aromatic carbocycles. The SMILES string of the molecule is O=C(O)CN(C(=O)CCc1ccc(-c2ccccc2F)o1)C1CC1. The predicted molar refractivity (Wildman–Crippen MR) is 84.8 cm³/mol. The Kier molecular flexibility index (Phi) is 4.64. The molecule has 0 unspecified atom stereocenters. The van der Waals surface area contributed by atoms with E-state index >= 15 is 0 Å². The number of amides is 1. The zero-order valence-electron chi connectivity index (χ0n) is 13.1. The smallest absolute Gasteiger partial charge is 0.323 e. The molecular formula is C18H18FNO4. The average Bonchev–Trinajstić information content (AvgIpc) is 3.29. The molecule has 1 aliphatic rings. The van der Waals surface area contributed by atoms with E-state index in [1.165, 1.54) is 11.0 Å². The van der Waals surface area contributed by atoms with Crippen LogP contribution in [0.1, 0.15) is 25.0 Å². The normalized spacial score (nSPS) is 13.7. The Morgan fingerprint density at radius 3 is 2.62 bits per heavy atom. The topological polar surface area (TPSA) is 70.8 Å². The van der Waals surface area contributed by atoms with Crippen molar-refractivity contribution in [1.82, 2.24) is 4.90 Å². The molecule has 0 spiro atoms. The summed E-state index contributed by atoms with van der Waals surface area (Å²) in [6, 6.07) is 9.77. The lowest BCUT2D eigenvalue weighted by molar-refractivity contribution is -0.144. The maximum Gasteiger partial charge on any atom is 0.323 e. The maximum absolute atomic E-state index is 13.7. The highest BCUT2D eigenvalue weighted by molar-refractivity contribution is 5.82. The highest BCUT2D eigenvalue weighted by Gasteiger charge is 2.33. The first kappa shape index (κ1) is 16.2. The number of carbonyl (C=O) groups is 2. The van der Waals surface area contributed by atoms with Gasteiger partial charge in [-0.3, -0.25) is 9.59 Å². The summed E-state index contributed by atoms with van der Waals surface area (Å²) in [5, 5.41) is 8.90. The van der Waals surface area contributed by atoms with E-state index in [0.717, 1.165) is 12.8 Å². The van der Waals surface area contributed by atoms with E-state index in [2.05, 4.69) is 0 Å². The number of carbonyl (C=O) groups excluding carboxylic acids is 1. The third-order valence-corrected chi connectivity index (χ3v) is 4.00. The summed E-state index contributed by atoms with van der Waals surface area (Å²) < 4.78 is 19.4. The number of carboxylic acid groups (broad SMARTS) is 1. The molecule has 0 bridgehead atoms. The van der Waals surface area contributed by atoms with Crippen molar-refractivity contribution in [1.29, 1.82) is 0 Å². The fourth-order valence-corrected chi connectivity index (χ4v) is 2.64. The lowest BCUT2D eigenvalue weighted by Crippen LogP contribution is -2.37. The van der Waals surface area contributed by atoms with Crippen LogP contribution in [0.15, 0.2) is 40.8 Å². The van der Waals surface area contributed by atoms with E-state index < -0.39 is 5.97 Å². The minimum Gasteiger partial charge on any atom is -0.480 e. The number of furan rings is 1. The molecule has 1 N–H and O–H groups in total. The second-order valence-corrected chi connectivity index (χ2v) is 5.89. The summed E-state index contributed by atoms with van der Waals surface area (Å²) in [5.74, 6) is -0.567. The fraction of sp³-hybridized carbons (Fsp3) is 0.333. The van der Waals surface area contributed by atoms with Crippen molar-refractivity contribution in [2.45, 2.75) is 31.7 Å². The van der Waals surface area contributed by atoms with Gasteiger partial charge in [0, 0.05) is 18.9 Å². The molecule has 2 aromatic rings. The number of benzene rings is 1. The van der Waals surface area contributed by atoms with Crippen molar-refractivity contribution >= 4 is 11.9 Å². The molecule has 6 heteroatoms. The minimum absolute atomic E-state index is 0.0548. The summed E-state index contributed by atoms with van der Waals surface area (Å²) >= 11 is 0. The monoisotopic (exact) mass is 331 g/mol. The number of nitrogens with zero attached hydrogens (tertiary/aromatic N) is 1. The molecule has 0 aliphatic heterocycles. The van der Waals surface area contributed by atoms with E-state index in [-0.39, 0.29) is 30.7 Å². The summed E-state index contributed by atoms with van der Waals surface area (Å²) in [6.07, 6.45) is 2.25. The van der Waals surface area contributed by atoms with Gasteiger partial charge in [0.2, 0.25) is 5.91 Å². The number of rotatable bonds is 7. The van der Waals surface area contributed by atoms with Gasteiger partial charge >= 0.3 is 5.97 Å². The zero-order chi connectivity index (χ0) is 17.1. The molecule has 126 valence electrons. The lowest BCUT2D eigenvalue weighted by atomic mass is 10.1. The third-order valence-electron chi connectivity index (χ3n) is 4.00. The van der Waals surface area contributed by atoms with Crippen LogP contribution in [0.2, 0.25) is 0 Å². The molecule has 0 radical (unpaired) electrons. The highest BCUT2D eigenvalue weighted by Crippen LogP contribution is 2.28. The number of carboxylic acids is 1.